The van der Waals surface area contributed by atoms with Gasteiger partial charge in [0.25, 0.3) is 0 Å². The van der Waals surface area contributed by atoms with E-state index in [-0.39, 0.29) is 0 Å². The lowest BCUT2D eigenvalue weighted by molar-refractivity contribution is -0.110. The minimum atomic E-state index is 0.435. The minimum Gasteiger partial charge on any atom is -0.346 e. The monoisotopic (exact) mass is 145 g/mol. The summed E-state index contributed by atoms with van der Waals surface area (Å²) in [4.78, 5) is 21.2. The number of hydrogen-bond acceptors (Lipinski definition) is 3. The zero-order valence-corrected chi connectivity index (χ0v) is 5.83. The fraction of sp³-hybridized carbons (Fsp3) is 0.600. The summed E-state index contributed by atoms with van der Waals surface area (Å²) in [6.07, 6.45) is 1.22. The van der Waals surface area contributed by atoms with Gasteiger partial charge in [-0.3, -0.25) is 14.5 Å². The van der Waals surface area contributed by atoms with Crippen molar-refractivity contribution in [3.05, 3.63) is 0 Å². The lowest BCUT2D eigenvalue weighted by Crippen LogP contribution is -2.36. The zero-order valence-electron chi connectivity index (χ0n) is 5.83. The van der Waals surface area contributed by atoms with Gasteiger partial charge in [-0.1, -0.05) is 0 Å². The summed E-state index contributed by atoms with van der Waals surface area (Å²) >= 11 is 0. The highest BCUT2D eigenvalue weighted by Crippen LogP contribution is 1.70. The van der Waals surface area contributed by atoms with Crippen molar-refractivity contribution in [3.63, 3.8) is 0 Å². The van der Waals surface area contributed by atoms with Gasteiger partial charge in [-0.25, -0.2) is 0 Å². The summed E-state index contributed by atoms with van der Waals surface area (Å²) in [7, 11) is 1.77. The van der Waals surface area contributed by atoms with Gasteiger partial charge >= 0.3 is 0 Å². The van der Waals surface area contributed by atoms with E-state index in [2.05, 4.69) is 10.6 Å². The van der Waals surface area contributed by atoms with Crippen LogP contribution in [0.15, 0.2) is 0 Å². The maximum absolute atomic E-state index is 9.76. The Morgan fingerprint density at radius 3 is 1.90 bits per heavy atom. The van der Waals surface area contributed by atoms with Crippen molar-refractivity contribution < 1.29 is 9.59 Å². The van der Waals surface area contributed by atoms with E-state index in [1.807, 2.05) is 0 Å². The standard InChI is InChI=1S/C5H11N3O2/c1-8(2-6-4-9)3-7-5-10/h4-5H,2-3H2,1H3,(H,6,9)(H,7,10). The van der Waals surface area contributed by atoms with E-state index < -0.39 is 0 Å². The molecule has 2 amide bonds. The molecule has 5 nitrogen and oxygen atoms in total. The van der Waals surface area contributed by atoms with Crippen molar-refractivity contribution in [1.82, 2.24) is 15.5 Å². The summed E-state index contributed by atoms with van der Waals surface area (Å²) in [5.74, 6) is 0. The number of hydrogen-bond donors (Lipinski definition) is 2. The number of rotatable bonds is 6. The molecule has 0 atom stereocenters. The van der Waals surface area contributed by atoms with Gasteiger partial charge in [0, 0.05) is 0 Å². The van der Waals surface area contributed by atoms with E-state index in [9.17, 15) is 9.59 Å². The molecule has 10 heavy (non-hydrogen) atoms. The topological polar surface area (TPSA) is 61.4 Å². The summed E-state index contributed by atoms with van der Waals surface area (Å²) in [6.45, 7) is 0.870. The smallest absolute Gasteiger partial charge is 0.208 e. The molecule has 0 aromatic heterocycles. The van der Waals surface area contributed by atoms with Crippen molar-refractivity contribution in [2.75, 3.05) is 20.4 Å². The van der Waals surface area contributed by atoms with Gasteiger partial charge in [-0.2, -0.15) is 0 Å². The fourth-order valence-electron chi connectivity index (χ4n) is 0.442. The van der Waals surface area contributed by atoms with E-state index >= 15 is 0 Å². The van der Waals surface area contributed by atoms with Gasteiger partial charge in [0.2, 0.25) is 12.8 Å². The molecular weight excluding hydrogens is 134 g/mol. The van der Waals surface area contributed by atoms with Gasteiger partial charge in [0.15, 0.2) is 0 Å². The Balaban J connectivity index is 3.15. The molecule has 0 saturated heterocycles. The van der Waals surface area contributed by atoms with Crippen LogP contribution in [-0.4, -0.2) is 38.1 Å². The Labute approximate surface area is 59.4 Å². The number of nitrogens with one attached hydrogen (secondary N) is 2. The van der Waals surface area contributed by atoms with Crippen molar-refractivity contribution in [2.45, 2.75) is 0 Å². The van der Waals surface area contributed by atoms with Crippen molar-refractivity contribution in [1.29, 1.82) is 0 Å². The first-order chi connectivity index (χ1) is 4.81. The molecule has 0 aliphatic carbocycles. The van der Waals surface area contributed by atoms with Gasteiger partial charge in [-0.15, -0.1) is 0 Å². The van der Waals surface area contributed by atoms with Crippen LogP contribution in [0.5, 0.6) is 0 Å². The fourth-order valence-corrected chi connectivity index (χ4v) is 0.442. The molecule has 0 aliphatic rings. The molecule has 2 N–H and O–H groups in total. The van der Waals surface area contributed by atoms with E-state index in [0.29, 0.717) is 26.2 Å². The van der Waals surface area contributed by atoms with Crippen molar-refractivity contribution in [2.24, 2.45) is 0 Å². The molecule has 0 radical (unpaired) electrons. The average Bonchev–Trinajstić information content (AvgIpc) is 1.97. The van der Waals surface area contributed by atoms with Crippen LogP contribution < -0.4 is 10.6 Å². The summed E-state index contributed by atoms with van der Waals surface area (Å²) in [5, 5.41) is 4.89. The largest absolute Gasteiger partial charge is 0.346 e. The normalized spacial score (nSPS) is 9.00. The van der Waals surface area contributed by atoms with Gasteiger partial charge in [0.1, 0.15) is 0 Å². The van der Waals surface area contributed by atoms with E-state index in [0.717, 1.165) is 0 Å². The number of carbonyl (C=O) groups is 2. The van der Waals surface area contributed by atoms with Crippen LogP contribution >= 0.6 is 0 Å². The van der Waals surface area contributed by atoms with Crippen LogP contribution in [0.1, 0.15) is 0 Å². The van der Waals surface area contributed by atoms with Crippen LogP contribution in [0, 0.1) is 0 Å². The molecule has 0 aromatic carbocycles. The molecule has 0 heterocycles. The second kappa shape index (κ2) is 6.03. The first-order valence-corrected chi connectivity index (χ1v) is 2.84. The lowest BCUT2D eigenvalue weighted by Gasteiger charge is -2.13. The van der Waals surface area contributed by atoms with Gasteiger partial charge in [0.05, 0.1) is 13.3 Å². The number of nitrogens with zero attached hydrogens (tertiary/aromatic N) is 1. The van der Waals surface area contributed by atoms with Crippen molar-refractivity contribution >= 4 is 12.8 Å². The first kappa shape index (κ1) is 8.90. The maximum atomic E-state index is 9.76. The maximum Gasteiger partial charge on any atom is 0.208 e. The second-order valence-electron chi connectivity index (χ2n) is 1.82. The molecule has 0 aliphatic heterocycles. The molecule has 0 spiro atoms. The third-order valence-electron chi connectivity index (χ3n) is 0.889. The van der Waals surface area contributed by atoms with Gasteiger partial charge < -0.3 is 10.6 Å². The first-order valence-electron chi connectivity index (χ1n) is 2.84. The Bertz CT molecular complexity index is 95.1. The third kappa shape index (κ3) is 5.04. The van der Waals surface area contributed by atoms with Crippen molar-refractivity contribution in [3.8, 4) is 0 Å². The third-order valence-corrected chi connectivity index (χ3v) is 0.889. The zero-order chi connectivity index (χ0) is 7.82. The molecule has 0 rings (SSSR count). The summed E-state index contributed by atoms with van der Waals surface area (Å²) in [6, 6.07) is 0. The van der Waals surface area contributed by atoms with Crippen LogP contribution in [0.4, 0.5) is 0 Å². The quantitative estimate of drug-likeness (QED) is 0.347. The Morgan fingerprint density at radius 1 is 1.20 bits per heavy atom. The molecule has 0 saturated carbocycles. The Hall–Kier alpha value is -1.10. The Morgan fingerprint density at radius 2 is 1.60 bits per heavy atom. The number of carbonyl (C=O) groups excluding carboxylic acids is 2. The van der Waals surface area contributed by atoms with Crippen LogP contribution in [0.2, 0.25) is 0 Å². The highest BCUT2D eigenvalue weighted by atomic mass is 16.1. The van der Waals surface area contributed by atoms with Crippen LogP contribution in [0.25, 0.3) is 0 Å². The van der Waals surface area contributed by atoms with E-state index in [4.69, 9.17) is 0 Å². The second-order valence-corrected chi connectivity index (χ2v) is 1.82. The molecule has 5 heteroatoms. The highest BCUT2D eigenvalue weighted by molar-refractivity contribution is 5.46. The van der Waals surface area contributed by atoms with E-state index in [1.165, 1.54) is 0 Å². The summed E-state index contributed by atoms with van der Waals surface area (Å²) in [5.41, 5.74) is 0. The molecule has 0 bridgehead atoms. The van der Waals surface area contributed by atoms with Gasteiger partial charge in [-0.05, 0) is 7.05 Å². The van der Waals surface area contributed by atoms with E-state index in [1.54, 1.807) is 11.9 Å². The molecular formula is C5H11N3O2. The van der Waals surface area contributed by atoms with Crippen LogP contribution in [0.3, 0.4) is 0 Å². The SMILES string of the molecule is CN(CNC=O)CNC=O. The Kier molecular flexibility index (Phi) is 5.36. The predicted molar refractivity (Wildman–Crippen MR) is 35.9 cm³/mol. The number of amides is 2. The molecule has 0 fully saturated rings. The minimum absolute atomic E-state index is 0.435. The highest BCUT2D eigenvalue weighted by Gasteiger charge is 1.91. The molecule has 0 unspecified atom stereocenters. The predicted octanol–water partition coefficient (Wildman–Crippen LogP) is -1.67. The summed E-state index contributed by atoms with van der Waals surface area (Å²) < 4.78 is 0. The van der Waals surface area contributed by atoms with Crippen LogP contribution in [-0.2, 0) is 9.59 Å². The lowest BCUT2D eigenvalue weighted by atomic mass is 10.8. The molecule has 0 aromatic rings. The molecule has 58 valence electrons. The average molecular weight is 145 g/mol.